The van der Waals surface area contributed by atoms with Crippen molar-refractivity contribution in [1.82, 2.24) is 15.5 Å². The highest BCUT2D eigenvalue weighted by Gasteiger charge is 2.32. The molecule has 8 nitrogen and oxygen atoms in total. The zero-order valence-electron chi connectivity index (χ0n) is 23.1. The molecule has 210 valence electrons. The van der Waals surface area contributed by atoms with Crippen molar-refractivity contribution in [2.75, 3.05) is 18.6 Å². The minimum atomic E-state index is -0.754. The number of carbonyl (C=O) groups is 3. The summed E-state index contributed by atoms with van der Waals surface area (Å²) in [6.07, 6.45) is 2.13. The molecule has 1 aliphatic rings. The third-order valence-corrected chi connectivity index (χ3v) is 8.28. The van der Waals surface area contributed by atoms with Crippen LogP contribution in [0.3, 0.4) is 0 Å². The summed E-state index contributed by atoms with van der Waals surface area (Å²) >= 11 is 3.01. The van der Waals surface area contributed by atoms with Crippen LogP contribution in [0, 0.1) is 0 Å². The second kappa shape index (κ2) is 12.8. The number of carbonyl (C=O) groups excluding carboxylic acids is 3. The molecule has 0 unspecified atom stereocenters. The van der Waals surface area contributed by atoms with Crippen molar-refractivity contribution in [2.45, 2.75) is 54.1 Å². The largest absolute Gasteiger partial charge is 0.341 e. The quantitative estimate of drug-likeness (QED) is 0.279. The molecule has 10 heteroatoms. The summed E-state index contributed by atoms with van der Waals surface area (Å²) in [4.78, 5) is 42.3. The Bertz CT molecular complexity index is 1390. The van der Waals surface area contributed by atoms with E-state index in [9.17, 15) is 14.4 Å². The average Bonchev–Trinajstić information content (AvgIpc) is 3.04. The Balaban J connectivity index is 1.58. The number of hydrogen-bond donors (Lipinski definition) is 4. The minimum absolute atomic E-state index is 0.118. The SMILES string of the molecule is CNC(=O)Nc1ccccc1-c1ccc(CN2Cc3ccc(SC)cc3S[C@@H](NC(=O)CC(C)(C)N)C2=O)cc1. The molecule has 0 saturated carbocycles. The number of nitrogens with zero attached hydrogens (tertiary/aromatic N) is 1. The number of nitrogens with one attached hydrogen (secondary N) is 3. The molecule has 5 N–H and O–H groups in total. The van der Waals surface area contributed by atoms with E-state index in [1.807, 2.05) is 54.8 Å². The predicted molar refractivity (Wildman–Crippen MR) is 163 cm³/mol. The summed E-state index contributed by atoms with van der Waals surface area (Å²) in [5.41, 5.74) is 9.91. The predicted octanol–water partition coefficient (Wildman–Crippen LogP) is 5.03. The summed E-state index contributed by atoms with van der Waals surface area (Å²) in [5, 5.41) is 7.60. The fourth-order valence-electron chi connectivity index (χ4n) is 4.40. The van der Waals surface area contributed by atoms with E-state index in [-0.39, 0.29) is 24.3 Å². The van der Waals surface area contributed by atoms with Crippen molar-refractivity contribution >= 4 is 47.1 Å². The molecule has 3 aromatic rings. The molecule has 3 aromatic carbocycles. The van der Waals surface area contributed by atoms with E-state index in [0.717, 1.165) is 32.0 Å². The normalized spacial score (nSPS) is 15.2. The van der Waals surface area contributed by atoms with Crippen LogP contribution in [-0.2, 0) is 22.7 Å². The second-order valence-corrected chi connectivity index (χ2v) is 12.4. The molecule has 0 aliphatic carbocycles. The molecular formula is C30H35N5O3S2. The van der Waals surface area contributed by atoms with E-state index >= 15 is 0 Å². The van der Waals surface area contributed by atoms with E-state index in [0.29, 0.717) is 18.8 Å². The molecule has 1 heterocycles. The molecule has 40 heavy (non-hydrogen) atoms. The van der Waals surface area contributed by atoms with Crippen LogP contribution in [0.15, 0.2) is 76.5 Å². The number of hydrogen-bond acceptors (Lipinski definition) is 6. The van der Waals surface area contributed by atoms with Gasteiger partial charge >= 0.3 is 6.03 Å². The van der Waals surface area contributed by atoms with Crippen molar-refractivity contribution in [1.29, 1.82) is 0 Å². The van der Waals surface area contributed by atoms with Gasteiger partial charge in [-0.2, -0.15) is 0 Å². The van der Waals surface area contributed by atoms with Crippen LogP contribution >= 0.6 is 23.5 Å². The number of fused-ring (bicyclic) bond motifs is 1. The first-order valence-corrected chi connectivity index (χ1v) is 15.0. The molecule has 0 bridgehead atoms. The summed E-state index contributed by atoms with van der Waals surface area (Å²) in [7, 11) is 1.57. The van der Waals surface area contributed by atoms with Gasteiger partial charge in [0.15, 0.2) is 5.37 Å². The van der Waals surface area contributed by atoms with E-state index in [1.165, 1.54) is 11.8 Å². The zero-order valence-corrected chi connectivity index (χ0v) is 24.7. The molecule has 4 amide bonds. The molecule has 1 atom stereocenters. The number of nitrogens with two attached hydrogens (primary N) is 1. The molecular weight excluding hydrogens is 542 g/mol. The van der Waals surface area contributed by atoms with E-state index < -0.39 is 10.9 Å². The summed E-state index contributed by atoms with van der Waals surface area (Å²) in [6, 6.07) is 21.4. The van der Waals surface area contributed by atoms with Crippen LogP contribution in [0.2, 0.25) is 0 Å². The van der Waals surface area contributed by atoms with Gasteiger partial charge in [-0.25, -0.2) is 4.79 Å². The number of anilines is 1. The fraction of sp³-hybridized carbons (Fsp3) is 0.300. The van der Waals surface area contributed by atoms with Gasteiger partial charge in [0.2, 0.25) is 5.91 Å². The highest BCUT2D eigenvalue weighted by molar-refractivity contribution is 8.01. The number of benzene rings is 3. The lowest BCUT2D eigenvalue weighted by Crippen LogP contribution is -2.47. The highest BCUT2D eigenvalue weighted by atomic mass is 32.2. The second-order valence-electron chi connectivity index (χ2n) is 10.3. The topological polar surface area (TPSA) is 117 Å². The number of urea groups is 1. The first-order valence-electron chi connectivity index (χ1n) is 12.9. The average molecular weight is 578 g/mol. The van der Waals surface area contributed by atoms with Gasteiger partial charge in [0.05, 0.1) is 5.69 Å². The smallest absolute Gasteiger partial charge is 0.318 e. The molecule has 4 rings (SSSR count). The van der Waals surface area contributed by atoms with Crippen molar-refractivity contribution in [3.63, 3.8) is 0 Å². The van der Waals surface area contributed by atoms with E-state index in [4.69, 9.17) is 5.73 Å². The third kappa shape index (κ3) is 7.59. The summed E-state index contributed by atoms with van der Waals surface area (Å²) < 4.78 is 0. The Morgan fingerprint density at radius 2 is 1.82 bits per heavy atom. The molecule has 0 spiro atoms. The fourth-order valence-corrected chi connectivity index (χ4v) is 6.09. The molecule has 1 aliphatic heterocycles. The van der Waals surface area contributed by atoms with Crippen LogP contribution in [0.25, 0.3) is 11.1 Å². The Kier molecular flexibility index (Phi) is 9.44. The van der Waals surface area contributed by atoms with Crippen LogP contribution in [0.4, 0.5) is 10.5 Å². The minimum Gasteiger partial charge on any atom is -0.341 e. The van der Waals surface area contributed by atoms with Gasteiger partial charge in [-0.15, -0.1) is 11.8 Å². The standard InChI is InChI=1S/C30H35N5O3S2/c1-30(2,31)16-26(36)34-27-28(37)35(18-21-13-14-22(39-4)15-25(21)40-27)17-19-9-11-20(12-10-19)23-7-5-6-8-24(23)33-29(38)32-3/h5-15,27H,16-18,31H2,1-4H3,(H,34,36)(H2,32,33,38)/t27-/m1/s1. The van der Waals surface area contributed by atoms with Crippen LogP contribution in [0.5, 0.6) is 0 Å². The zero-order chi connectivity index (χ0) is 28.9. The van der Waals surface area contributed by atoms with Crippen molar-refractivity contribution in [3.05, 3.63) is 77.9 Å². The maximum atomic E-state index is 13.7. The monoisotopic (exact) mass is 577 g/mol. The number of para-hydroxylation sites is 1. The Hall–Kier alpha value is -3.47. The molecule has 0 fully saturated rings. The molecule has 0 radical (unpaired) electrons. The van der Waals surface area contributed by atoms with E-state index in [1.54, 1.807) is 37.6 Å². The Labute approximate surface area is 243 Å². The van der Waals surface area contributed by atoms with Gasteiger partial charge < -0.3 is 26.6 Å². The van der Waals surface area contributed by atoms with Gasteiger partial charge in [-0.05, 0) is 55.0 Å². The Morgan fingerprint density at radius 3 is 2.50 bits per heavy atom. The first-order chi connectivity index (χ1) is 19.1. The third-order valence-electron chi connectivity index (χ3n) is 6.37. The number of thioether (sulfide) groups is 2. The highest BCUT2D eigenvalue weighted by Crippen LogP contribution is 2.35. The van der Waals surface area contributed by atoms with Gasteiger partial charge in [0.1, 0.15) is 0 Å². The maximum absolute atomic E-state index is 13.7. The summed E-state index contributed by atoms with van der Waals surface area (Å²) in [5.74, 6) is -0.407. The lowest BCUT2D eigenvalue weighted by atomic mass is 10.0. The van der Waals surface area contributed by atoms with Gasteiger partial charge in [0, 0.05) is 47.5 Å². The van der Waals surface area contributed by atoms with Crippen molar-refractivity contribution in [2.24, 2.45) is 5.73 Å². The lowest BCUT2D eigenvalue weighted by Gasteiger charge is -2.26. The van der Waals surface area contributed by atoms with E-state index in [2.05, 4.69) is 34.1 Å². The van der Waals surface area contributed by atoms with Crippen LogP contribution < -0.4 is 21.7 Å². The summed E-state index contributed by atoms with van der Waals surface area (Å²) in [6.45, 7) is 4.40. The van der Waals surface area contributed by atoms with Gasteiger partial charge in [-0.3, -0.25) is 9.59 Å². The van der Waals surface area contributed by atoms with Crippen molar-refractivity contribution in [3.8, 4) is 11.1 Å². The molecule has 0 aromatic heterocycles. The number of rotatable bonds is 8. The number of amides is 4. The van der Waals surface area contributed by atoms with Gasteiger partial charge in [-0.1, -0.05) is 60.3 Å². The molecule has 0 saturated heterocycles. The van der Waals surface area contributed by atoms with Crippen LogP contribution in [0.1, 0.15) is 31.4 Å². The lowest BCUT2D eigenvalue weighted by molar-refractivity contribution is -0.135. The van der Waals surface area contributed by atoms with Crippen LogP contribution in [-0.4, -0.2) is 47.0 Å². The maximum Gasteiger partial charge on any atom is 0.318 e. The first kappa shape index (κ1) is 29.5. The van der Waals surface area contributed by atoms with Gasteiger partial charge in [0.25, 0.3) is 5.91 Å². The van der Waals surface area contributed by atoms with Crippen molar-refractivity contribution < 1.29 is 14.4 Å². The Morgan fingerprint density at radius 1 is 1.10 bits per heavy atom.